The Morgan fingerprint density at radius 1 is 1.47 bits per heavy atom. The minimum atomic E-state index is -0.0516. The molecule has 0 spiro atoms. The third kappa shape index (κ3) is 2.53. The molecule has 0 fully saturated rings. The number of aromatic nitrogens is 1. The van der Waals surface area contributed by atoms with Crippen molar-refractivity contribution in [2.45, 2.75) is 19.3 Å². The number of rotatable bonds is 5. The van der Waals surface area contributed by atoms with Crippen molar-refractivity contribution in [3.05, 3.63) is 30.2 Å². The van der Waals surface area contributed by atoms with Crippen LogP contribution < -0.4 is 5.32 Å². The third-order valence-electron chi connectivity index (χ3n) is 2.91. The van der Waals surface area contributed by atoms with Crippen LogP contribution in [-0.2, 0) is 10.2 Å². The first-order chi connectivity index (χ1) is 8.13. The van der Waals surface area contributed by atoms with Gasteiger partial charge in [-0.1, -0.05) is 19.9 Å². The van der Waals surface area contributed by atoms with Gasteiger partial charge >= 0.3 is 0 Å². The zero-order valence-corrected chi connectivity index (χ0v) is 10.1. The average Bonchev–Trinajstić information content (AvgIpc) is 2.76. The predicted octanol–water partition coefficient (Wildman–Crippen LogP) is 1.89. The Morgan fingerprint density at radius 3 is 3.06 bits per heavy atom. The van der Waals surface area contributed by atoms with E-state index >= 15 is 0 Å². The lowest BCUT2D eigenvalue weighted by Gasteiger charge is -2.25. The monoisotopic (exact) mass is 232 g/mol. The van der Waals surface area contributed by atoms with Crippen molar-refractivity contribution < 1.29 is 9.21 Å². The molecule has 17 heavy (non-hydrogen) atoms. The normalized spacial score (nSPS) is 11.9. The van der Waals surface area contributed by atoms with Gasteiger partial charge < -0.3 is 14.5 Å². The highest BCUT2D eigenvalue weighted by Gasteiger charge is 2.20. The molecule has 1 N–H and O–H groups in total. The van der Waals surface area contributed by atoms with E-state index in [-0.39, 0.29) is 5.41 Å². The van der Waals surface area contributed by atoms with Crippen LogP contribution in [0.1, 0.15) is 19.4 Å². The molecule has 1 aromatic heterocycles. The molecular formula is C13H16N2O2. The summed E-state index contributed by atoms with van der Waals surface area (Å²) in [5.74, 6) is 0. The van der Waals surface area contributed by atoms with Crippen LogP contribution in [0.3, 0.4) is 0 Å². The highest BCUT2D eigenvalue weighted by atomic mass is 16.3. The first-order valence-electron chi connectivity index (χ1n) is 5.61. The van der Waals surface area contributed by atoms with Crippen LogP contribution in [0, 0.1) is 0 Å². The molecule has 0 saturated carbocycles. The van der Waals surface area contributed by atoms with Crippen molar-refractivity contribution in [1.82, 2.24) is 10.3 Å². The van der Waals surface area contributed by atoms with Crippen molar-refractivity contribution in [3.63, 3.8) is 0 Å². The predicted molar refractivity (Wildman–Crippen MR) is 66.0 cm³/mol. The molecule has 0 radical (unpaired) electrons. The molecular weight excluding hydrogens is 216 g/mol. The second-order valence-corrected chi connectivity index (χ2v) is 4.72. The van der Waals surface area contributed by atoms with Gasteiger partial charge in [-0.05, 0) is 17.7 Å². The molecule has 90 valence electrons. The molecule has 2 aromatic rings. The standard InChI is InChI=1S/C13H16N2O2/c1-13(2,8-14-5-6-16)10-3-4-11-12(7-10)17-9-15-11/h3-4,6-7,9,14H,5,8H2,1-2H3. The van der Waals surface area contributed by atoms with Crippen LogP contribution in [0.25, 0.3) is 11.1 Å². The lowest BCUT2D eigenvalue weighted by molar-refractivity contribution is -0.107. The largest absolute Gasteiger partial charge is 0.443 e. The number of nitrogens with one attached hydrogen (secondary N) is 1. The van der Waals surface area contributed by atoms with E-state index in [9.17, 15) is 4.79 Å². The first kappa shape index (κ1) is 11.8. The SMILES string of the molecule is CC(C)(CNCC=O)c1ccc2ncoc2c1. The zero-order valence-electron chi connectivity index (χ0n) is 10.1. The van der Waals surface area contributed by atoms with Crippen LogP contribution in [0.5, 0.6) is 0 Å². The highest BCUT2D eigenvalue weighted by Crippen LogP contribution is 2.25. The molecule has 0 aliphatic heterocycles. The fourth-order valence-corrected chi connectivity index (χ4v) is 1.82. The van der Waals surface area contributed by atoms with Crippen molar-refractivity contribution in [3.8, 4) is 0 Å². The minimum Gasteiger partial charge on any atom is -0.443 e. The highest BCUT2D eigenvalue weighted by molar-refractivity contribution is 5.73. The van der Waals surface area contributed by atoms with Gasteiger partial charge in [0.25, 0.3) is 0 Å². The molecule has 2 rings (SSSR count). The fourth-order valence-electron chi connectivity index (χ4n) is 1.82. The van der Waals surface area contributed by atoms with Gasteiger partial charge in [0.1, 0.15) is 11.8 Å². The number of fused-ring (bicyclic) bond motifs is 1. The number of carbonyl (C=O) groups is 1. The maximum absolute atomic E-state index is 10.3. The molecule has 4 heteroatoms. The van der Waals surface area contributed by atoms with Gasteiger partial charge in [0, 0.05) is 12.0 Å². The summed E-state index contributed by atoms with van der Waals surface area (Å²) in [6.45, 7) is 5.38. The van der Waals surface area contributed by atoms with Gasteiger partial charge in [0.2, 0.25) is 0 Å². The van der Waals surface area contributed by atoms with Crippen molar-refractivity contribution in [1.29, 1.82) is 0 Å². The van der Waals surface area contributed by atoms with Gasteiger partial charge in [0.15, 0.2) is 12.0 Å². The topological polar surface area (TPSA) is 55.1 Å². The first-order valence-corrected chi connectivity index (χ1v) is 5.61. The average molecular weight is 232 g/mol. The smallest absolute Gasteiger partial charge is 0.181 e. The Kier molecular flexibility index (Phi) is 3.24. The Balaban J connectivity index is 2.21. The third-order valence-corrected chi connectivity index (χ3v) is 2.91. The van der Waals surface area contributed by atoms with Crippen molar-refractivity contribution in [2.75, 3.05) is 13.1 Å². The molecule has 0 aliphatic carbocycles. The molecule has 4 nitrogen and oxygen atoms in total. The number of oxazole rings is 1. The Hall–Kier alpha value is -1.68. The molecule has 1 heterocycles. The zero-order chi connectivity index (χ0) is 12.3. The summed E-state index contributed by atoms with van der Waals surface area (Å²) in [5.41, 5.74) is 2.78. The van der Waals surface area contributed by atoms with E-state index in [1.165, 1.54) is 12.0 Å². The molecule has 0 bridgehead atoms. The molecule has 0 amide bonds. The number of carbonyl (C=O) groups excluding carboxylic acids is 1. The maximum Gasteiger partial charge on any atom is 0.181 e. The summed E-state index contributed by atoms with van der Waals surface area (Å²) < 4.78 is 5.29. The number of nitrogens with zero attached hydrogens (tertiary/aromatic N) is 1. The number of hydrogen-bond donors (Lipinski definition) is 1. The molecule has 0 aliphatic rings. The van der Waals surface area contributed by atoms with Crippen molar-refractivity contribution in [2.24, 2.45) is 0 Å². The van der Waals surface area contributed by atoms with Gasteiger partial charge in [-0.15, -0.1) is 0 Å². The van der Waals surface area contributed by atoms with Gasteiger partial charge in [-0.25, -0.2) is 4.98 Å². The molecule has 0 atom stereocenters. The molecule has 0 saturated heterocycles. The van der Waals surface area contributed by atoms with Crippen LogP contribution in [0.2, 0.25) is 0 Å². The summed E-state index contributed by atoms with van der Waals surface area (Å²) in [5, 5.41) is 3.10. The quantitative estimate of drug-likeness (QED) is 0.632. The molecule has 0 unspecified atom stereocenters. The fraction of sp³-hybridized carbons (Fsp3) is 0.385. The summed E-state index contributed by atoms with van der Waals surface area (Å²) in [4.78, 5) is 14.4. The number of benzene rings is 1. The lowest BCUT2D eigenvalue weighted by Crippen LogP contribution is -2.33. The van der Waals surface area contributed by atoms with E-state index in [1.807, 2.05) is 18.2 Å². The number of hydrogen-bond acceptors (Lipinski definition) is 4. The second-order valence-electron chi connectivity index (χ2n) is 4.72. The van der Waals surface area contributed by atoms with E-state index in [1.54, 1.807) is 0 Å². The van der Waals surface area contributed by atoms with Gasteiger partial charge in [-0.3, -0.25) is 0 Å². The van der Waals surface area contributed by atoms with E-state index in [2.05, 4.69) is 24.1 Å². The summed E-state index contributed by atoms with van der Waals surface area (Å²) >= 11 is 0. The van der Waals surface area contributed by atoms with Crippen LogP contribution in [0.4, 0.5) is 0 Å². The Labute approximate surface area is 100 Å². The van der Waals surface area contributed by atoms with E-state index in [0.717, 1.165) is 23.9 Å². The maximum atomic E-state index is 10.3. The van der Waals surface area contributed by atoms with Crippen molar-refractivity contribution >= 4 is 17.4 Å². The summed E-state index contributed by atoms with van der Waals surface area (Å²) in [6.07, 6.45) is 2.32. The Bertz CT molecular complexity index is 517. The summed E-state index contributed by atoms with van der Waals surface area (Å²) in [7, 11) is 0. The van der Waals surface area contributed by atoms with Gasteiger partial charge in [-0.2, -0.15) is 0 Å². The van der Waals surface area contributed by atoms with Crippen LogP contribution in [0.15, 0.2) is 29.0 Å². The van der Waals surface area contributed by atoms with E-state index < -0.39 is 0 Å². The van der Waals surface area contributed by atoms with Crippen LogP contribution >= 0.6 is 0 Å². The lowest BCUT2D eigenvalue weighted by atomic mass is 9.84. The Morgan fingerprint density at radius 2 is 2.29 bits per heavy atom. The van der Waals surface area contributed by atoms with Crippen LogP contribution in [-0.4, -0.2) is 24.4 Å². The number of aldehydes is 1. The van der Waals surface area contributed by atoms with Gasteiger partial charge in [0.05, 0.1) is 6.54 Å². The van der Waals surface area contributed by atoms with E-state index in [4.69, 9.17) is 4.42 Å². The second kappa shape index (κ2) is 4.67. The molecule has 1 aromatic carbocycles. The minimum absolute atomic E-state index is 0.0516. The summed E-state index contributed by atoms with van der Waals surface area (Å²) in [6, 6.07) is 6.01. The van der Waals surface area contributed by atoms with E-state index in [0.29, 0.717) is 6.54 Å².